The number of benzene rings is 1. The molecular formula is C18H30IN3O2S. The SMILES string of the molecule is CCNC(=NCC(O)COc1cccc(C)c1)NCC1CCCS1.I. The molecule has 0 spiro atoms. The number of thioether (sulfide) groups is 1. The zero-order chi connectivity index (χ0) is 17.2. The lowest BCUT2D eigenvalue weighted by atomic mass is 10.2. The Balaban J connectivity index is 0.00000312. The van der Waals surface area contributed by atoms with E-state index in [1.54, 1.807) is 0 Å². The Labute approximate surface area is 172 Å². The lowest BCUT2D eigenvalue weighted by molar-refractivity contribution is 0.114. The summed E-state index contributed by atoms with van der Waals surface area (Å²) in [4.78, 5) is 4.46. The van der Waals surface area contributed by atoms with Crippen LogP contribution in [-0.2, 0) is 0 Å². The van der Waals surface area contributed by atoms with Crippen LogP contribution in [0.15, 0.2) is 29.3 Å². The number of halogens is 1. The first-order valence-electron chi connectivity index (χ1n) is 8.68. The zero-order valence-electron chi connectivity index (χ0n) is 15.0. The number of aryl methyl sites for hydroxylation is 1. The molecule has 1 saturated heterocycles. The van der Waals surface area contributed by atoms with E-state index < -0.39 is 6.10 Å². The summed E-state index contributed by atoms with van der Waals surface area (Å²) >= 11 is 2.02. The summed E-state index contributed by atoms with van der Waals surface area (Å²) in [7, 11) is 0. The highest BCUT2D eigenvalue weighted by Crippen LogP contribution is 2.25. The van der Waals surface area contributed by atoms with Crippen molar-refractivity contribution in [2.45, 2.75) is 38.0 Å². The van der Waals surface area contributed by atoms with Crippen molar-refractivity contribution in [2.75, 3.05) is 32.0 Å². The number of guanidine groups is 1. The summed E-state index contributed by atoms with van der Waals surface area (Å²) in [6.45, 7) is 6.35. The predicted octanol–water partition coefficient (Wildman–Crippen LogP) is 2.80. The van der Waals surface area contributed by atoms with Crippen molar-refractivity contribution >= 4 is 41.7 Å². The fourth-order valence-electron chi connectivity index (χ4n) is 2.50. The van der Waals surface area contributed by atoms with E-state index in [1.165, 1.54) is 18.6 Å². The van der Waals surface area contributed by atoms with E-state index >= 15 is 0 Å². The molecule has 1 aromatic carbocycles. The van der Waals surface area contributed by atoms with Crippen LogP contribution in [0, 0.1) is 6.92 Å². The predicted molar refractivity (Wildman–Crippen MR) is 118 cm³/mol. The van der Waals surface area contributed by atoms with Crippen LogP contribution < -0.4 is 15.4 Å². The van der Waals surface area contributed by atoms with Gasteiger partial charge in [0, 0.05) is 18.3 Å². The highest BCUT2D eigenvalue weighted by atomic mass is 127. The Morgan fingerprint density at radius 3 is 2.96 bits per heavy atom. The van der Waals surface area contributed by atoms with Crippen molar-refractivity contribution in [2.24, 2.45) is 4.99 Å². The number of rotatable bonds is 8. The third kappa shape index (κ3) is 9.01. The minimum absolute atomic E-state index is 0. The molecular weight excluding hydrogens is 449 g/mol. The van der Waals surface area contributed by atoms with Gasteiger partial charge in [-0.1, -0.05) is 12.1 Å². The van der Waals surface area contributed by atoms with Crippen molar-refractivity contribution < 1.29 is 9.84 Å². The molecule has 142 valence electrons. The van der Waals surface area contributed by atoms with Crippen molar-refractivity contribution in [3.05, 3.63) is 29.8 Å². The molecule has 25 heavy (non-hydrogen) atoms. The van der Waals surface area contributed by atoms with Crippen LogP contribution in [0.3, 0.4) is 0 Å². The summed E-state index contributed by atoms with van der Waals surface area (Å²) in [5.74, 6) is 2.80. The molecule has 1 fully saturated rings. The summed E-state index contributed by atoms with van der Waals surface area (Å²) in [5.41, 5.74) is 1.14. The molecule has 0 bridgehead atoms. The molecule has 1 aromatic rings. The summed E-state index contributed by atoms with van der Waals surface area (Å²) in [6, 6.07) is 7.82. The lowest BCUT2D eigenvalue weighted by Gasteiger charge is -2.16. The quantitative estimate of drug-likeness (QED) is 0.304. The first-order chi connectivity index (χ1) is 11.7. The number of hydrogen-bond acceptors (Lipinski definition) is 4. The Morgan fingerprint density at radius 2 is 2.28 bits per heavy atom. The number of hydrogen-bond donors (Lipinski definition) is 3. The van der Waals surface area contributed by atoms with Crippen molar-refractivity contribution in [3.63, 3.8) is 0 Å². The Bertz CT molecular complexity index is 525. The van der Waals surface area contributed by atoms with Gasteiger partial charge in [-0.2, -0.15) is 11.8 Å². The topological polar surface area (TPSA) is 65.9 Å². The molecule has 7 heteroatoms. The molecule has 0 aromatic heterocycles. The van der Waals surface area contributed by atoms with Crippen LogP contribution in [0.4, 0.5) is 0 Å². The van der Waals surface area contributed by atoms with E-state index in [0.29, 0.717) is 11.8 Å². The monoisotopic (exact) mass is 479 g/mol. The van der Waals surface area contributed by atoms with Gasteiger partial charge in [0.05, 0.1) is 6.54 Å². The fraction of sp³-hybridized carbons (Fsp3) is 0.611. The number of nitrogens with zero attached hydrogens (tertiary/aromatic N) is 1. The highest BCUT2D eigenvalue weighted by Gasteiger charge is 2.15. The van der Waals surface area contributed by atoms with Gasteiger partial charge in [-0.15, -0.1) is 24.0 Å². The number of aliphatic hydroxyl groups excluding tert-OH is 1. The molecule has 2 unspecified atom stereocenters. The Kier molecular flexibility index (Phi) is 11.3. The van der Waals surface area contributed by atoms with Gasteiger partial charge in [-0.3, -0.25) is 4.99 Å². The maximum Gasteiger partial charge on any atom is 0.191 e. The van der Waals surface area contributed by atoms with Crippen LogP contribution in [0.25, 0.3) is 0 Å². The van der Waals surface area contributed by atoms with Crippen molar-refractivity contribution in [3.8, 4) is 5.75 Å². The number of nitrogens with one attached hydrogen (secondary N) is 2. The van der Waals surface area contributed by atoms with Crippen LogP contribution in [-0.4, -0.2) is 54.4 Å². The van der Waals surface area contributed by atoms with Crippen molar-refractivity contribution in [1.82, 2.24) is 10.6 Å². The maximum atomic E-state index is 10.1. The summed E-state index contributed by atoms with van der Waals surface area (Å²) < 4.78 is 5.62. The molecule has 1 aliphatic heterocycles. The average molecular weight is 479 g/mol. The van der Waals surface area contributed by atoms with Gasteiger partial charge < -0.3 is 20.5 Å². The van der Waals surface area contributed by atoms with Gasteiger partial charge in [0.25, 0.3) is 0 Å². The second kappa shape index (κ2) is 12.6. The molecule has 1 heterocycles. The van der Waals surface area contributed by atoms with E-state index in [9.17, 15) is 5.11 Å². The molecule has 2 rings (SSSR count). The van der Waals surface area contributed by atoms with Crippen LogP contribution in [0.5, 0.6) is 5.75 Å². The lowest BCUT2D eigenvalue weighted by Crippen LogP contribution is -2.40. The van der Waals surface area contributed by atoms with Gasteiger partial charge in [-0.05, 0) is 50.1 Å². The smallest absolute Gasteiger partial charge is 0.191 e. The number of aliphatic hydroxyl groups is 1. The van der Waals surface area contributed by atoms with Crippen LogP contribution in [0.2, 0.25) is 0 Å². The second-order valence-electron chi connectivity index (χ2n) is 6.02. The molecule has 0 saturated carbocycles. The van der Waals surface area contributed by atoms with Gasteiger partial charge in [0.15, 0.2) is 5.96 Å². The van der Waals surface area contributed by atoms with E-state index in [2.05, 4.69) is 15.6 Å². The molecule has 1 aliphatic rings. The Hall–Kier alpha value is -0.670. The van der Waals surface area contributed by atoms with Gasteiger partial charge in [-0.25, -0.2) is 0 Å². The first kappa shape index (κ1) is 22.4. The van der Waals surface area contributed by atoms with E-state index in [-0.39, 0.29) is 30.6 Å². The zero-order valence-corrected chi connectivity index (χ0v) is 18.2. The molecule has 5 nitrogen and oxygen atoms in total. The molecule has 0 amide bonds. The molecule has 2 atom stereocenters. The average Bonchev–Trinajstić information content (AvgIpc) is 3.09. The number of aliphatic imine (C=N–C) groups is 1. The minimum Gasteiger partial charge on any atom is -0.491 e. The Morgan fingerprint density at radius 1 is 1.44 bits per heavy atom. The fourth-order valence-corrected chi connectivity index (χ4v) is 3.71. The minimum atomic E-state index is -0.623. The van der Waals surface area contributed by atoms with Gasteiger partial charge in [0.1, 0.15) is 18.5 Å². The molecule has 0 radical (unpaired) electrons. The van der Waals surface area contributed by atoms with Gasteiger partial charge >= 0.3 is 0 Å². The second-order valence-corrected chi connectivity index (χ2v) is 7.43. The highest BCUT2D eigenvalue weighted by molar-refractivity contribution is 14.0. The number of ether oxygens (including phenoxy) is 1. The third-order valence-corrected chi connectivity index (χ3v) is 5.16. The van der Waals surface area contributed by atoms with Crippen LogP contribution in [0.1, 0.15) is 25.3 Å². The normalized spacial score (nSPS) is 18.4. The summed E-state index contributed by atoms with van der Waals surface area (Å²) in [6.07, 6.45) is 1.95. The van der Waals surface area contributed by atoms with E-state index in [4.69, 9.17) is 4.74 Å². The van der Waals surface area contributed by atoms with Gasteiger partial charge in [0.2, 0.25) is 0 Å². The third-order valence-electron chi connectivity index (χ3n) is 3.76. The van der Waals surface area contributed by atoms with Crippen molar-refractivity contribution in [1.29, 1.82) is 0 Å². The molecule has 0 aliphatic carbocycles. The van der Waals surface area contributed by atoms with Crippen LogP contribution >= 0.6 is 35.7 Å². The molecule has 3 N–H and O–H groups in total. The standard InChI is InChI=1S/C18H29N3O2S.HI/c1-3-19-18(21-12-17-8-5-9-24-17)20-11-15(22)13-23-16-7-4-6-14(2)10-16;/h4,6-7,10,15,17,22H,3,5,8-9,11-13H2,1-2H3,(H2,19,20,21);1H. The largest absolute Gasteiger partial charge is 0.491 e. The first-order valence-corrected chi connectivity index (χ1v) is 9.73. The van der Waals surface area contributed by atoms with E-state index in [0.717, 1.165) is 30.4 Å². The van der Waals surface area contributed by atoms with E-state index in [1.807, 2.05) is 49.9 Å². The maximum absolute atomic E-state index is 10.1. The summed E-state index contributed by atoms with van der Waals surface area (Å²) in [5, 5.41) is 17.3.